The topological polar surface area (TPSA) is 95.2 Å². The van der Waals surface area contributed by atoms with Crippen LogP contribution in [0.3, 0.4) is 0 Å². The Hall–Kier alpha value is -3.62. The molecule has 0 saturated heterocycles. The fraction of sp³-hybridized carbons (Fsp3) is 0.111. The molecule has 0 aliphatic carbocycles. The molecule has 0 amide bonds. The number of aromatic nitrogens is 6. The quantitative estimate of drug-likeness (QED) is 0.380. The first-order valence-corrected chi connectivity index (χ1v) is 8.31. The zero-order chi connectivity index (χ0) is 18.8. The van der Waals surface area contributed by atoms with E-state index in [4.69, 9.17) is 4.74 Å². The summed E-state index contributed by atoms with van der Waals surface area (Å²) in [4.78, 5) is 20.5. The van der Waals surface area contributed by atoms with Gasteiger partial charge in [0.25, 0.3) is 0 Å². The summed E-state index contributed by atoms with van der Waals surface area (Å²) in [5.41, 5.74) is 3.71. The fourth-order valence-corrected chi connectivity index (χ4v) is 2.70. The van der Waals surface area contributed by atoms with Gasteiger partial charge >= 0.3 is 5.97 Å². The van der Waals surface area contributed by atoms with Crippen LogP contribution in [0.4, 0.5) is 0 Å². The summed E-state index contributed by atoms with van der Waals surface area (Å²) in [7, 11) is 3.27. The molecular weight excluding hydrogens is 343 g/mol. The third kappa shape index (κ3) is 3.39. The largest absolute Gasteiger partial charge is 0.464 e. The van der Waals surface area contributed by atoms with Crippen LogP contribution in [-0.2, 0) is 11.2 Å². The first kappa shape index (κ1) is 16.8. The molecule has 0 atom stereocenters. The summed E-state index contributed by atoms with van der Waals surface area (Å²) in [5.74, 6) is 0.785. The molecule has 0 radical (unpaired) electrons. The molecule has 0 saturated carbocycles. The maximum Gasteiger partial charge on any atom is 0.358 e. The van der Waals surface area contributed by atoms with E-state index in [1.54, 1.807) is 29.0 Å². The smallest absolute Gasteiger partial charge is 0.358 e. The molecule has 3 heterocycles. The molecule has 0 aliphatic heterocycles. The highest BCUT2D eigenvalue weighted by molar-refractivity contribution is 6.31. The predicted octanol–water partition coefficient (Wildman–Crippen LogP) is 0.217. The number of methoxy groups -OCH3 is 1. The second-order valence-corrected chi connectivity index (χ2v) is 6.06. The number of rotatable bonds is 4. The number of esters is 1. The third-order valence-electron chi connectivity index (χ3n) is 4.05. The van der Waals surface area contributed by atoms with Crippen LogP contribution in [-0.4, -0.2) is 50.7 Å². The van der Waals surface area contributed by atoms with Gasteiger partial charge in [0.15, 0.2) is 23.0 Å². The van der Waals surface area contributed by atoms with Crippen molar-refractivity contribution in [3.63, 3.8) is 0 Å². The Kier molecular flexibility index (Phi) is 4.33. The predicted molar refractivity (Wildman–Crippen MR) is 101 cm³/mol. The Morgan fingerprint density at radius 1 is 1.15 bits per heavy atom. The highest BCUT2D eigenvalue weighted by Gasteiger charge is 2.13. The monoisotopic (exact) mass is 358 g/mol. The van der Waals surface area contributed by atoms with Crippen molar-refractivity contribution >= 4 is 24.9 Å². The van der Waals surface area contributed by atoms with Gasteiger partial charge in [-0.15, -0.1) is 10.2 Å². The highest BCUT2D eigenvalue weighted by atomic mass is 16.5. The first-order valence-electron chi connectivity index (χ1n) is 8.31. The molecule has 3 aromatic heterocycles. The van der Waals surface area contributed by atoms with Gasteiger partial charge in [-0.25, -0.2) is 14.8 Å². The first-order chi connectivity index (χ1) is 13.1. The second-order valence-electron chi connectivity index (χ2n) is 6.06. The number of benzene rings is 1. The van der Waals surface area contributed by atoms with Gasteiger partial charge in [-0.2, -0.15) is 9.61 Å². The molecule has 0 bridgehead atoms. The molecule has 132 valence electrons. The van der Waals surface area contributed by atoms with Gasteiger partial charge in [-0.3, -0.25) is 0 Å². The molecule has 0 unspecified atom stereocenters. The minimum Gasteiger partial charge on any atom is -0.464 e. The summed E-state index contributed by atoms with van der Waals surface area (Å²) >= 11 is 0. The van der Waals surface area contributed by atoms with E-state index in [-0.39, 0.29) is 5.69 Å². The number of carbonyl (C=O) groups excluding carboxylic acids is 1. The van der Waals surface area contributed by atoms with Crippen molar-refractivity contribution in [2.45, 2.75) is 6.42 Å². The summed E-state index contributed by atoms with van der Waals surface area (Å²) in [5, 5.41) is 12.6. The Bertz CT molecular complexity index is 1130. The van der Waals surface area contributed by atoms with Gasteiger partial charge in [0, 0.05) is 24.4 Å². The number of hydrogen-bond donors (Lipinski definition) is 0. The van der Waals surface area contributed by atoms with Crippen LogP contribution < -0.4 is 5.46 Å². The van der Waals surface area contributed by atoms with Crippen LogP contribution in [0.2, 0.25) is 0 Å². The lowest BCUT2D eigenvalue weighted by Gasteiger charge is -2.05. The molecule has 0 spiro atoms. The van der Waals surface area contributed by atoms with Crippen LogP contribution >= 0.6 is 0 Å². The molecule has 27 heavy (non-hydrogen) atoms. The maximum absolute atomic E-state index is 11.7. The van der Waals surface area contributed by atoms with Crippen LogP contribution in [0, 0.1) is 0 Å². The molecule has 8 nitrogen and oxygen atoms in total. The third-order valence-corrected chi connectivity index (χ3v) is 4.05. The van der Waals surface area contributed by atoms with Gasteiger partial charge in [0.05, 0.1) is 7.11 Å². The zero-order valence-electron chi connectivity index (χ0n) is 14.8. The Morgan fingerprint density at radius 3 is 2.74 bits per heavy atom. The van der Waals surface area contributed by atoms with Crippen molar-refractivity contribution in [2.75, 3.05) is 7.11 Å². The van der Waals surface area contributed by atoms with Crippen molar-refractivity contribution in [3.8, 4) is 11.4 Å². The maximum atomic E-state index is 11.7. The standard InChI is InChI=1S/C18H15BN6O2/c1-27-18(26)14-5-6-15-22-23-16(25(15)24-14)8-11-3-2-4-12(7-11)17-20-9-13(19)10-21-17/h2-7,9-10H,8,19H2,1H3. The summed E-state index contributed by atoms with van der Waals surface area (Å²) in [6.07, 6.45) is 4.08. The number of ether oxygens (including phenoxy) is 1. The van der Waals surface area contributed by atoms with Gasteiger partial charge in [-0.1, -0.05) is 23.7 Å². The van der Waals surface area contributed by atoms with Gasteiger partial charge in [0.2, 0.25) is 0 Å². The molecule has 0 aliphatic rings. The summed E-state index contributed by atoms with van der Waals surface area (Å²) in [6.45, 7) is 0. The van der Waals surface area contributed by atoms with E-state index in [0.29, 0.717) is 23.7 Å². The summed E-state index contributed by atoms with van der Waals surface area (Å²) in [6, 6.07) is 11.2. The van der Waals surface area contributed by atoms with Gasteiger partial charge in [-0.05, 0) is 23.8 Å². The van der Waals surface area contributed by atoms with E-state index < -0.39 is 5.97 Å². The lowest BCUT2D eigenvalue weighted by molar-refractivity contribution is 0.0592. The van der Waals surface area contributed by atoms with E-state index in [1.165, 1.54) is 7.11 Å². The number of carbonyl (C=O) groups is 1. The SMILES string of the molecule is Bc1cnc(-c2cccc(Cc3nnc4ccc(C(=O)OC)nn34)c2)nc1. The fourth-order valence-electron chi connectivity index (χ4n) is 2.70. The van der Waals surface area contributed by atoms with Crippen LogP contribution in [0.5, 0.6) is 0 Å². The molecule has 0 fully saturated rings. The van der Waals surface area contributed by atoms with Crippen molar-refractivity contribution < 1.29 is 9.53 Å². The second kappa shape index (κ2) is 6.95. The average Bonchev–Trinajstić information content (AvgIpc) is 3.10. The molecule has 4 rings (SSSR count). The van der Waals surface area contributed by atoms with E-state index >= 15 is 0 Å². The normalized spacial score (nSPS) is 10.9. The highest BCUT2D eigenvalue weighted by Crippen LogP contribution is 2.17. The van der Waals surface area contributed by atoms with E-state index in [9.17, 15) is 4.79 Å². The van der Waals surface area contributed by atoms with Crippen molar-refractivity contribution in [3.05, 3.63) is 65.9 Å². The van der Waals surface area contributed by atoms with Gasteiger partial charge in [0.1, 0.15) is 7.85 Å². The molecule has 0 N–H and O–H groups in total. The van der Waals surface area contributed by atoms with E-state index in [1.807, 2.05) is 32.1 Å². The van der Waals surface area contributed by atoms with E-state index in [2.05, 4.69) is 25.3 Å². The Balaban J connectivity index is 1.67. The van der Waals surface area contributed by atoms with Crippen LogP contribution in [0.1, 0.15) is 21.9 Å². The Labute approximate surface area is 155 Å². The van der Waals surface area contributed by atoms with Crippen molar-refractivity contribution in [1.82, 2.24) is 29.8 Å². The minimum atomic E-state index is -0.505. The minimum absolute atomic E-state index is 0.202. The van der Waals surface area contributed by atoms with Crippen LogP contribution in [0.25, 0.3) is 17.0 Å². The number of hydrogen-bond acceptors (Lipinski definition) is 7. The number of nitrogens with zero attached hydrogens (tertiary/aromatic N) is 6. The average molecular weight is 358 g/mol. The zero-order valence-corrected chi connectivity index (χ0v) is 14.8. The molecule has 1 aromatic carbocycles. The molecule has 9 heteroatoms. The summed E-state index contributed by atoms with van der Waals surface area (Å²) < 4.78 is 6.28. The van der Waals surface area contributed by atoms with Gasteiger partial charge < -0.3 is 4.74 Å². The lowest BCUT2D eigenvalue weighted by Crippen LogP contribution is -2.09. The molecule has 4 aromatic rings. The van der Waals surface area contributed by atoms with Crippen LogP contribution in [0.15, 0.2) is 48.8 Å². The van der Waals surface area contributed by atoms with Crippen molar-refractivity contribution in [2.24, 2.45) is 0 Å². The lowest BCUT2D eigenvalue weighted by atomic mass is 10.0. The Morgan fingerprint density at radius 2 is 1.96 bits per heavy atom. The number of fused-ring (bicyclic) bond motifs is 1. The van der Waals surface area contributed by atoms with Crippen molar-refractivity contribution in [1.29, 1.82) is 0 Å². The molecular formula is C18H15BN6O2. The van der Waals surface area contributed by atoms with E-state index in [0.717, 1.165) is 16.6 Å².